The van der Waals surface area contributed by atoms with Gasteiger partial charge in [0.15, 0.2) is 5.16 Å². The topological polar surface area (TPSA) is 65.9 Å². The molecule has 3 rings (SSSR count). The molecule has 0 unspecified atom stereocenters. The number of thioether (sulfide) groups is 1. The van der Waals surface area contributed by atoms with Crippen LogP contribution in [0.2, 0.25) is 0 Å². The zero-order valence-corrected chi connectivity index (χ0v) is 13.9. The highest BCUT2D eigenvalue weighted by Gasteiger charge is 2.06. The first kappa shape index (κ1) is 16.2. The monoisotopic (exact) mass is 335 g/mol. The molecule has 0 amide bonds. The number of carboxylic acid groups (broad SMARTS) is 1. The third kappa shape index (κ3) is 4.00. The first-order valence-corrected chi connectivity index (χ1v) is 8.44. The quantitative estimate of drug-likeness (QED) is 0.529. The van der Waals surface area contributed by atoms with Gasteiger partial charge in [0, 0.05) is 17.0 Å². The Morgan fingerprint density at radius 2 is 1.75 bits per heavy atom. The van der Waals surface area contributed by atoms with Crippen molar-refractivity contribution in [2.24, 2.45) is 0 Å². The Morgan fingerprint density at radius 3 is 2.42 bits per heavy atom. The molecular weight excluding hydrogens is 320 g/mol. The molecule has 0 saturated carbocycles. The molecule has 4 nitrogen and oxygen atoms in total. The van der Waals surface area contributed by atoms with E-state index in [1.165, 1.54) is 11.8 Å². The second kappa shape index (κ2) is 7.27. The fourth-order valence-electron chi connectivity index (χ4n) is 2.25. The van der Waals surface area contributed by atoms with Gasteiger partial charge in [-0.2, -0.15) is 0 Å². The fraction of sp³-hybridized carbons (Fsp3) is 0.105. The van der Waals surface area contributed by atoms with Crippen LogP contribution in [-0.2, 0) is 5.75 Å². The summed E-state index contributed by atoms with van der Waals surface area (Å²) < 4.78 is 0. The van der Waals surface area contributed by atoms with Gasteiger partial charge in [-0.3, -0.25) is 0 Å². The second-order valence-corrected chi connectivity index (χ2v) is 6.26. The first-order valence-electron chi connectivity index (χ1n) is 7.46. The Balaban J connectivity index is 1.75. The molecule has 3 aromatic rings. The molecule has 0 N–H and O–H groups in total. The molecule has 0 aliphatic rings. The minimum absolute atomic E-state index is 0.182. The standard InChI is InChI=1S/C19H16N2O2S/c1-13-11-17(15-5-3-2-4-6-15)21-19(20-13)24-12-14-7-9-16(10-8-14)18(22)23/h2-11H,12H2,1H3,(H,22,23)/p-1. The Kier molecular flexibility index (Phi) is 4.91. The second-order valence-electron chi connectivity index (χ2n) is 5.32. The summed E-state index contributed by atoms with van der Waals surface area (Å²) in [5.41, 5.74) is 4.07. The molecule has 1 aromatic heterocycles. The number of carbonyl (C=O) groups excluding carboxylic acids is 1. The molecule has 0 bridgehead atoms. The van der Waals surface area contributed by atoms with Crippen molar-refractivity contribution in [3.05, 3.63) is 77.5 Å². The number of carboxylic acids is 1. The smallest absolute Gasteiger partial charge is 0.188 e. The Hall–Kier alpha value is -2.66. The van der Waals surface area contributed by atoms with Gasteiger partial charge in [0.1, 0.15) is 0 Å². The van der Waals surface area contributed by atoms with E-state index in [0.717, 1.165) is 22.5 Å². The molecule has 5 heteroatoms. The average molecular weight is 335 g/mol. The van der Waals surface area contributed by atoms with Crippen LogP contribution in [0.15, 0.2) is 65.8 Å². The third-order valence-corrected chi connectivity index (χ3v) is 4.38. The van der Waals surface area contributed by atoms with E-state index >= 15 is 0 Å². The van der Waals surface area contributed by atoms with Crippen LogP contribution in [0.4, 0.5) is 0 Å². The van der Waals surface area contributed by atoms with Gasteiger partial charge in [-0.1, -0.05) is 66.4 Å². The lowest BCUT2D eigenvalue weighted by molar-refractivity contribution is -0.255. The van der Waals surface area contributed by atoms with Gasteiger partial charge >= 0.3 is 0 Å². The van der Waals surface area contributed by atoms with E-state index in [9.17, 15) is 9.90 Å². The molecule has 0 spiro atoms. The van der Waals surface area contributed by atoms with Crippen LogP contribution in [0, 0.1) is 6.92 Å². The highest BCUT2D eigenvalue weighted by molar-refractivity contribution is 7.98. The van der Waals surface area contributed by atoms with Gasteiger partial charge in [0.25, 0.3) is 0 Å². The highest BCUT2D eigenvalue weighted by Crippen LogP contribution is 2.24. The van der Waals surface area contributed by atoms with E-state index in [4.69, 9.17) is 0 Å². The number of hydrogen-bond donors (Lipinski definition) is 0. The molecular formula is C19H15N2O2S-. The summed E-state index contributed by atoms with van der Waals surface area (Å²) in [6.07, 6.45) is 0. The molecule has 0 radical (unpaired) electrons. The van der Waals surface area contributed by atoms with Crippen LogP contribution >= 0.6 is 11.8 Å². The summed E-state index contributed by atoms with van der Waals surface area (Å²) >= 11 is 1.53. The predicted molar refractivity (Wildman–Crippen MR) is 92.5 cm³/mol. The molecule has 0 fully saturated rings. The van der Waals surface area contributed by atoms with Gasteiger partial charge in [-0.15, -0.1) is 0 Å². The minimum Gasteiger partial charge on any atom is -0.545 e. The van der Waals surface area contributed by atoms with E-state index in [0.29, 0.717) is 10.9 Å². The van der Waals surface area contributed by atoms with E-state index in [2.05, 4.69) is 9.97 Å². The maximum absolute atomic E-state index is 10.8. The number of benzene rings is 2. The minimum atomic E-state index is -1.16. The largest absolute Gasteiger partial charge is 0.545 e. The summed E-state index contributed by atoms with van der Waals surface area (Å²) in [4.78, 5) is 19.8. The Labute approximate surface area is 144 Å². The third-order valence-electron chi connectivity index (χ3n) is 3.46. The molecule has 0 atom stereocenters. The van der Waals surface area contributed by atoms with Crippen molar-refractivity contribution in [1.82, 2.24) is 9.97 Å². The van der Waals surface area contributed by atoms with Crippen molar-refractivity contribution in [2.75, 3.05) is 0 Å². The Bertz CT molecular complexity index is 849. The summed E-state index contributed by atoms with van der Waals surface area (Å²) in [5.74, 6) is -0.492. The van der Waals surface area contributed by atoms with E-state index in [1.807, 2.05) is 43.3 Å². The first-order chi connectivity index (χ1) is 11.6. The van der Waals surface area contributed by atoms with Crippen LogP contribution < -0.4 is 5.11 Å². The number of aromatic nitrogens is 2. The lowest BCUT2D eigenvalue weighted by atomic mass is 10.1. The molecule has 1 heterocycles. The molecule has 0 saturated heterocycles. The fourth-order valence-corrected chi connectivity index (χ4v) is 3.11. The van der Waals surface area contributed by atoms with Crippen molar-refractivity contribution in [1.29, 1.82) is 0 Å². The number of rotatable bonds is 5. The number of carbonyl (C=O) groups is 1. The van der Waals surface area contributed by atoms with Gasteiger partial charge in [-0.05, 0) is 24.1 Å². The highest BCUT2D eigenvalue weighted by atomic mass is 32.2. The maximum atomic E-state index is 10.8. The van der Waals surface area contributed by atoms with Crippen LogP contribution in [0.3, 0.4) is 0 Å². The summed E-state index contributed by atoms with van der Waals surface area (Å²) in [5, 5.41) is 11.5. The van der Waals surface area contributed by atoms with Gasteiger partial charge < -0.3 is 9.90 Å². The van der Waals surface area contributed by atoms with Crippen molar-refractivity contribution >= 4 is 17.7 Å². The van der Waals surface area contributed by atoms with E-state index < -0.39 is 5.97 Å². The van der Waals surface area contributed by atoms with Gasteiger partial charge in [-0.25, -0.2) is 9.97 Å². The molecule has 0 aliphatic carbocycles. The van der Waals surface area contributed by atoms with Crippen molar-refractivity contribution < 1.29 is 9.90 Å². The number of nitrogens with zero attached hydrogens (tertiary/aromatic N) is 2. The zero-order chi connectivity index (χ0) is 16.9. The molecule has 0 aliphatic heterocycles. The van der Waals surface area contributed by atoms with Crippen molar-refractivity contribution in [2.45, 2.75) is 17.8 Å². The van der Waals surface area contributed by atoms with E-state index in [1.54, 1.807) is 24.3 Å². The number of aromatic carboxylic acids is 1. The predicted octanol–water partition coefficient (Wildman–Crippen LogP) is 3.11. The lowest BCUT2D eigenvalue weighted by Crippen LogP contribution is -2.21. The SMILES string of the molecule is Cc1cc(-c2ccccc2)nc(SCc2ccc(C(=O)[O-])cc2)n1. The van der Waals surface area contributed by atoms with Crippen LogP contribution in [0.25, 0.3) is 11.3 Å². The Morgan fingerprint density at radius 1 is 1.04 bits per heavy atom. The number of aryl methyl sites for hydroxylation is 1. The average Bonchev–Trinajstić information content (AvgIpc) is 2.60. The normalized spacial score (nSPS) is 10.5. The number of hydrogen-bond acceptors (Lipinski definition) is 5. The van der Waals surface area contributed by atoms with Crippen molar-refractivity contribution in [3.8, 4) is 11.3 Å². The van der Waals surface area contributed by atoms with Gasteiger partial charge in [0.05, 0.1) is 11.7 Å². The summed E-state index contributed by atoms with van der Waals surface area (Å²) in [7, 11) is 0. The lowest BCUT2D eigenvalue weighted by Gasteiger charge is -2.07. The van der Waals surface area contributed by atoms with Crippen LogP contribution in [0.5, 0.6) is 0 Å². The summed E-state index contributed by atoms with van der Waals surface area (Å²) in [6, 6.07) is 18.6. The van der Waals surface area contributed by atoms with Crippen LogP contribution in [0.1, 0.15) is 21.6 Å². The van der Waals surface area contributed by atoms with Crippen LogP contribution in [-0.4, -0.2) is 15.9 Å². The van der Waals surface area contributed by atoms with Gasteiger partial charge in [0.2, 0.25) is 0 Å². The summed E-state index contributed by atoms with van der Waals surface area (Å²) in [6.45, 7) is 1.95. The molecule has 120 valence electrons. The molecule has 2 aromatic carbocycles. The zero-order valence-electron chi connectivity index (χ0n) is 13.1. The van der Waals surface area contributed by atoms with E-state index in [-0.39, 0.29) is 5.56 Å². The molecule has 24 heavy (non-hydrogen) atoms. The van der Waals surface area contributed by atoms with Crippen molar-refractivity contribution in [3.63, 3.8) is 0 Å². The maximum Gasteiger partial charge on any atom is 0.188 e.